The fourth-order valence-electron chi connectivity index (χ4n) is 2.64. The summed E-state index contributed by atoms with van der Waals surface area (Å²) in [5, 5.41) is 4.96. The highest BCUT2D eigenvalue weighted by Crippen LogP contribution is 2.33. The van der Waals surface area contributed by atoms with E-state index in [1.807, 2.05) is 71.0 Å². The van der Waals surface area contributed by atoms with Gasteiger partial charge in [-0.05, 0) is 46.2 Å². The molecule has 0 aliphatic rings. The van der Waals surface area contributed by atoms with Crippen LogP contribution in [0.1, 0.15) is 41.0 Å². The van der Waals surface area contributed by atoms with Crippen molar-refractivity contribution >= 4 is 22.4 Å². The lowest BCUT2D eigenvalue weighted by Crippen LogP contribution is -2.42. The summed E-state index contributed by atoms with van der Waals surface area (Å²) in [6, 6.07) is 11.7. The van der Waals surface area contributed by atoms with Crippen molar-refractivity contribution in [2.75, 3.05) is 11.9 Å². The van der Waals surface area contributed by atoms with Gasteiger partial charge in [0.15, 0.2) is 0 Å². The summed E-state index contributed by atoms with van der Waals surface area (Å²) in [5.74, 6) is 0.691. The van der Waals surface area contributed by atoms with Crippen LogP contribution in [0.5, 0.6) is 5.75 Å². The Kier molecular flexibility index (Phi) is 5.84. The van der Waals surface area contributed by atoms with Crippen LogP contribution in [-0.4, -0.2) is 24.2 Å². The van der Waals surface area contributed by atoms with E-state index >= 15 is 0 Å². The third-order valence-corrected chi connectivity index (χ3v) is 4.11. The Hall–Kier alpha value is -2.07. The third-order valence-electron chi connectivity index (χ3n) is 4.11. The maximum absolute atomic E-state index is 12.7. The standard InChI is InChI=1S/C20H27NO3/c1-6-20(5,23-7-2)19(22)21-17-12-13-18(24-14(3)4)16-11-9-8-10-15(16)17/h8-14H,6-7H2,1-5H3,(H,21,22)/t20-/m1/s1. The van der Waals surface area contributed by atoms with E-state index in [0.29, 0.717) is 13.0 Å². The number of nitrogens with one attached hydrogen (secondary N) is 1. The van der Waals surface area contributed by atoms with E-state index in [4.69, 9.17) is 9.47 Å². The highest BCUT2D eigenvalue weighted by molar-refractivity contribution is 6.06. The Morgan fingerprint density at radius 3 is 2.38 bits per heavy atom. The molecule has 0 radical (unpaired) electrons. The van der Waals surface area contributed by atoms with Crippen LogP contribution in [0.15, 0.2) is 36.4 Å². The molecule has 0 heterocycles. The molecule has 0 bridgehead atoms. The van der Waals surface area contributed by atoms with Crippen molar-refractivity contribution in [1.29, 1.82) is 0 Å². The van der Waals surface area contributed by atoms with Gasteiger partial charge >= 0.3 is 0 Å². The van der Waals surface area contributed by atoms with E-state index in [9.17, 15) is 4.79 Å². The van der Waals surface area contributed by atoms with Gasteiger partial charge in [-0.2, -0.15) is 0 Å². The highest BCUT2D eigenvalue weighted by Gasteiger charge is 2.32. The van der Waals surface area contributed by atoms with Gasteiger partial charge in [0, 0.05) is 23.1 Å². The molecule has 2 aromatic carbocycles. The second-order valence-electron chi connectivity index (χ2n) is 6.29. The van der Waals surface area contributed by atoms with Crippen molar-refractivity contribution in [3.63, 3.8) is 0 Å². The number of fused-ring (bicyclic) bond motifs is 1. The molecule has 0 fully saturated rings. The molecule has 24 heavy (non-hydrogen) atoms. The molecule has 0 unspecified atom stereocenters. The van der Waals surface area contributed by atoms with Crippen molar-refractivity contribution in [2.45, 2.75) is 52.7 Å². The van der Waals surface area contributed by atoms with Gasteiger partial charge in [-0.25, -0.2) is 0 Å². The number of anilines is 1. The average Bonchev–Trinajstić information content (AvgIpc) is 2.56. The number of ether oxygens (including phenoxy) is 2. The molecule has 1 N–H and O–H groups in total. The van der Waals surface area contributed by atoms with E-state index in [1.54, 1.807) is 0 Å². The Morgan fingerprint density at radius 1 is 1.12 bits per heavy atom. The van der Waals surface area contributed by atoms with Crippen molar-refractivity contribution < 1.29 is 14.3 Å². The van der Waals surface area contributed by atoms with Crippen molar-refractivity contribution in [3.05, 3.63) is 36.4 Å². The van der Waals surface area contributed by atoms with Gasteiger partial charge in [0.25, 0.3) is 5.91 Å². The van der Waals surface area contributed by atoms with E-state index in [-0.39, 0.29) is 12.0 Å². The predicted octanol–water partition coefficient (Wildman–Crippen LogP) is 4.77. The zero-order valence-corrected chi connectivity index (χ0v) is 15.2. The number of hydrogen-bond acceptors (Lipinski definition) is 3. The molecule has 4 heteroatoms. The normalized spacial score (nSPS) is 13.8. The van der Waals surface area contributed by atoms with Gasteiger partial charge in [-0.15, -0.1) is 0 Å². The first-order chi connectivity index (χ1) is 11.4. The minimum absolute atomic E-state index is 0.0928. The molecule has 0 aromatic heterocycles. The maximum Gasteiger partial charge on any atom is 0.256 e. The SMILES string of the molecule is CCO[C@](C)(CC)C(=O)Nc1ccc(OC(C)C)c2ccccc12. The molecule has 0 aliphatic carbocycles. The van der Waals surface area contributed by atoms with Crippen LogP contribution in [0.2, 0.25) is 0 Å². The number of carbonyl (C=O) groups is 1. The Labute approximate surface area is 144 Å². The number of rotatable bonds is 7. The minimum atomic E-state index is -0.830. The molecule has 0 aliphatic heterocycles. The summed E-state index contributed by atoms with van der Waals surface area (Å²) >= 11 is 0. The van der Waals surface area contributed by atoms with Gasteiger partial charge in [-0.1, -0.05) is 31.2 Å². The molecule has 4 nitrogen and oxygen atoms in total. The monoisotopic (exact) mass is 329 g/mol. The van der Waals surface area contributed by atoms with Crippen LogP contribution >= 0.6 is 0 Å². The quantitative estimate of drug-likeness (QED) is 0.796. The van der Waals surface area contributed by atoms with Gasteiger partial charge < -0.3 is 14.8 Å². The molecular weight excluding hydrogens is 302 g/mol. The van der Waals surface area contributed by atoms with Crippen LogP contribution in [0, 0.1) is 0 Å². The largest absolute Gasteiger partial charge is 0.490 e. The lowest BCUT2D eigenvalue weighted by molar-refractivity contribution is -0.139. The maximum atomic E-state index is 12.7. The summed E-state index contributed by atoms with van der Waals surface area (Å²) < 4.78 is 11.5. The topological polar surface area (TPSA) is 47.6 Å². The van der Waals surface area contributed by atoms with E-state index in [1.165, 1.54) is 0 Å². The molecule has 2 rings (SSSR count). The van der Waals surface area contributed by atoms with Gasteiger partial charge in [-0.3, -0.25) is 4.79 Å². The predicted molar refractivity (Wildman–Crippen MR) is 98.7 cm³/mol. The zero-order valence-electron chi connectivity index (χ0n) is 15.2. The lowest BCUT2D eigenvalue weighted by atomic mass is 10.0. The van der Waals surface area contributed by atoms with Crippen LogP contribution in [0.25, 0.3) is 10.8 Å². The molecule has 0 saturated heterocycles. The first-order valence-corrected chi connectivity index (χ1v) is 8.55. The number of carbonyl (C=O) groups excluding carboxylic acids is 1. The van der Waals surface area contributed by atoms with Gasteiger partial charge in [0.1, 0.15) is 11.4 Å². The Morgan fingerprint density at radius 2 is 1.79 bits per heavy atom. The average molecular weight is 329 g/mol. The smallest absolute Gasteiger partial charge is 0.256 e. The third kappa shape index (κ3) is 3.88. The molecule has 1 atom stereocenters. The van der Waals surface area contributed by atoms with Crippen molar-refractivity contribution in [2.24, 2.45) is 0 Å². The first kappa shape index (κ1) is 18.3. The molecule has 0 saturated carbocycles. The first-order valence-electron chi connectivity index (χ1n) is 8.55. The molecule has 0 spiro atoms. The van der Waals surface area contributed by atoms with Crippen LogP contribution in [0.3, 0.4) is 0 Å². The summed E-state index contributed by atoms with van der Waals surface area (Å²) in [5.41, 5.74) is -0.0609. The van der Waals surface area contributed by atoms with E-state index < -0.39 is 5.60 Å². The molecule has 130 valence electrons. The zero-order chi connectivity index (χ0) is 17.7. The fraction of sp³-hybridized carbons (Fsp3) is 0.450. The fourth-order valence-corrected chi connectivity index (χ4v) is 2.64. The second kappa shape index (κ2) is 7.67. The molecule has 2 aromatic rings. The Bertz CT molecular complexity index is 711. The summed E-state index contributed by atoms with van der Waals surface area (Å²) in [4.78, 5) is 12.7. The number of amides is 1. The molecule has 1 amide bonds. The van der Waals surface area contributed by atoms with Crippen molar-refractivity contribution in [1.82, 2.24) is 0 Å². The van der Waals surface area contributed by atoms with Gasteiger partial charge in [0.05, 0.1) is 6.10 Å². The van der Waals surface area contributed by atoms with E-state index in [0.717, 1.165) is 22.2 Å². The molecular formula is C20H27NO3. The summed E-state index contributed by atoms with van der Waals surface area (Å²) in [6.07, 6.45) is 0.703. The highest BCUT2D eigenvalue weighted by atomic mass is 16.5. The number of benzene rings is 2. The lowest BCUT2D eigenvalue weighted by Gasteiger charge is -2.27. The van der Waals surface area contributed by atoms with E-state index in [2.05, 4.69) is 5.32 Å². The van der Waals surface area contributed by atoms with Crippen LogP contribution in [0.4, 0.5) is 5.69 Å². The second-order valence-corrected chi connectivity index (χ2v) is 6.29. The minimum Gasteiger partial charge on any atom is -0.490 e. The van der Waals surface area contributed by atoms with Crippen molar-refractivity contribution in [3.8, 4) is 5.75 Å². The van der Waals surface area contributed by atoms with Crippen LogP contribution < -0.4 is 10.1 Å². The van der Waals surface area contributed by atoms with Crippen LogP contribution in [-0.2, 0) is 9.53 Å². The van der Waals surface area contributed by atoms with Gasteiger partial charge in [0.2, 0.25) is 0 Å². The Balaban J connectivity index is 2.38. The summed E-state index contributed by atoms with van der Waals surface area (Å²) in [6.45, 7) is 10.2. The number of hydrogen-bond donors (Lipinski definition) is 1. The summed E-state index contributed by atoms with van der Waals surface area (Å²) in [7, 11) is 0.